The van der Waals surface area contributed by atoms with Gasteiger partial charge in [0, 0.05) is 31.2 Å². The smallest absolute Gasteiger partial charge is 0.318 e. The number of hydrogen-bond acceptors (Lipinski definition) is 3. The molecule has 2 N–H and O–H groups in total. The average molecular weight is 332 g/mol. The Morgan fingerprint density at radius 1 is 1.38 bits per heavy atom. The Labute approximate surface area is 144 Å². The van der Waals surface area contributed by atoms with Crippen LogP contribution in [0.4, 0.5) is 4.79 Å². The van der Waals surface area contributed by atoms with Gasteiger partial charge in [0.25, 0.3) is 0 Å². The normalized spacial score (nSPS) is 24.1. The van der Waals surface area contributed by atoms with E-state index < -0.39 is 0 Å². The highest BCUT2D eigenvalue weighted by atomic mass is 16.5. The number of rotatable bonds is 7. The maximum Gasteiger partial charge on any atom is 0.318 e. The zero-order valence-electron chi connectivity index (χ0n) is 14.4. The van der Waals surface area contributed by atoms with E-state index in [1.807, 2.05) is 37.3 Å². The van der Waals surface area contributed by atoms with E-state index in [4.69, 9.17) is 4.74 Å². The molecule has 2 aliphatic rings. The van der Waals surface area contributed by atoms with Crippen LogP contribution in [0.5, 0.6) is 0 Å². The van der Waals surface area contributed by atoms with E-state index in [1.165, 1.54) is 6.42 Å². The Bertz CT molecular complexity index is 545. The van der Waals surface area contributed by atoms with E-state index in [1.54, 1.807) is 4.90 Å². The summed E-state index contributed by atoms with van der Waals surface area (Å²) >= 11 is 0. The van der Waals surface area contributed by atoms with Gasteiger partial charge in [0.1, 0.15) is 0 Å². The molecule has 2 atom stereocenters. The number of aliphatic hydroxyl groups is 1. The summed E-state index contributed by atoms with van der Waals surface area (Å²) in [5, 5.41) is 12.5. The Hall–Kier alpha value is -1.59. The number of ether oxygens (including phenoxy) is 1. The van der Waals surface area contributed by atoms with Gasteiger partial charge in [0.05, 0.1) is 12.7 Å². The van der Waals surface area contributed by atoms with Crippen LogP contribution in [0.25, 0.3) is 0 Å². The molecular weight excluding hydrogens is 304 g/mol. The largest absolute Gasteiger partial charge is 0.395 e. The lowest BCUT2D eigenvalue weighted by atomic mass is 9.51. The number of carbonyl (C=O) groups excluding carboxylic acids is 1. The molecule has 0 radical (unpaired) electrons. The van der Waals surface area contributed by atoms with Gasteiger partial charge in [-0.3, -0.25) is 0 Å². The van der Waals surface area contributed by atoms with Crippen molar-refractivity contribution in [2.45, 2.75) is 51.3 Å². The minimum absolute atomic E-state index is 0.0301. The van der Waals surface area contributed by atoms with E-state index >= 15 is 0 Å². The molecule has 1 spiro atoms. The quantitative estimate of drug-likeness (QED) is 0.806. The molecule has 1 aromatic carbocycles. The lowest BCUT2D eigenvalue weighted by molar-refractivity contribution is -0.170. The molecule has 3 rings (SSSR count). The number of nitrogens with one attached hydrogen (secondary N) is 1. The van der Waals surface area contributed by atoms with Gasteiger partial charge in [-0.1, -0.05) is 36.8 Å². The van der Waals surface area contributed by atoms with E-state index in [0.717, 1.165) is 31.4 Å². The van der Waals surface area contributed by atoms with Crippen molar-refractivity contribution in [3.63, 3.8) is 0 Å². The number of carbonyl (C=O) groups is 1. The van der Waals surface area contributed by atoms with Gasteiger partial charge >= 0.3 is 6.03 Å². The fraction of sp³-hybridized carbons (Fsp3) is 0.632. The van der Waals surface area contributed by atoms with Crippen molar-refractivity contribution in [2.24, 2.45) is 5.41 Å². The SMILES string of the molecule is CCOC1CC(NC(=O)N(CCO)Cc2ccccc2)C12CCC2. The summed E-state index contributed by atoms with van der Waals surface area (Å²) in [6.45, 7) is 3.59. The molecule has 2 amide bonds. The summed E-state index contributed by atoms with van der Waals surface area (Å²) in [6.07, 6.45) is 4.70. The van der Waals surface area contributed by atoms with Gasteiger partial charge in [-0.25, -0.2) is 4.79 Å². The molecule has 1 aromatic rings. The topological polar surface area (TPSA) is 61.8 Å². The van der Waals surface area contributed by atoms with Gasteiger partial charge in [0.2, 0.25) is 0 Å². The van der Waals surface area contributed by atoms with Crippen LogP contribution in [0.15, 0.2) is 30.3 Å². The number of amides is 2. The predicted molar refractivity (Wildman–Crippen MR) is 92.6 cm³/mol. The van der Waals surface area contributed by atoms with E-state index in [2.05, 4.69) is 5.32 Å². The Morgan fingerprint density at radius 2 is 2.12 bits per heavy atom. The minimum atomic E-state index is -0.0841. The summed E-state index contributed by atoms with van der Waals surface area (Å²) in [7, 11) is 0. The van der Waals surface area contributed by atoms with E-state index in [9.17, 15) is 9.90 Å². The predicted octanol–water partition coefficient (Wildman–Crippen LogP) is 2.54. The molecule has 0 aromatic heterocycles. The second-order valence-corrected chi connectivity index (χ2v) is 6.90. The molecule has 0 saturated heterocycles. The van der Waals surface area contributed by atoms with Crippen LogP contribution >= 0.6 is 0 Å². The Morgan fingerprint density at radius 3 is 2.71 bits per heavy atom. The second kappa shape index (κ2) is 7.53. The van der Waals surface area contributed by atoms with Crippen molar-refractivity contribution in [1.82, 2.24) is 10.2 Å². The highest BCUT2D eigenvalue weighted by Crippen LogP contribution is 2.57. The van der Waals surface area contributed by atoms with Crippen LogP contribution in [0, 0.1) is 5.41 Å². The molecule has 2 aliphatic carbocycles. The molecule has 0 bridgehead atoms. The third kappa shape index (κ3) is 3.28. The van der Waals surface area contributed by atoms with Crippen LogP contribution in [0.3, 0.4) is 0 Å². The highest BCUT2D eigenvalue weighted by Gasteiger charge is 2.59. The molecule has 2 saturated carbocycles. The summed E-state index contributed by atoms with van der Waals surface area (Å²) < 4.78 is 5.85. The molecule has 0 aliphatic heterocycles. The number of benzene rings is 1. The monoisotopic (exact) mass is 332 g/mol. The molecule has 2 fully saturated rings. The summed E-state index contributed by atoms with van der Waals surface area (Å²) in [6, 6.07) is 10.0. The first-order valence-electron chi connectivity index (χ1n) is 9.01. The molecule has 5 nitrogen and oxygen atoms in total. The summed E-state index contributed by atoms with van der Waals surface area (Å²) in [4.78, 5) is 14.4. The summed E-state index contributed by atoms with van der Waals surface area (Å²) in [5.74, 6) is 0. The summed E-state index contributed by atoms with van der Waals surface area (Å²) in [5.41, 5.74) is 1.23. The highest BCUT2D eigenvalue weighted by molar-refractivity contribution is 5.75. The van der Waals surface area contributed by atoms with Crippen LogP contribution in [-0.4, -0.2) is 47.9 Å². The molecule has 24 heavy (non-hydrogen) atoms. The Kier molecular flexibility index (Phi) is 5.41. The van der Waals surface area contributed by atoms with Crippen molar-refractivity contribution in [1.29, 1.82) is 0 Å². The lowest BCUT2D eigenvalue weighted by Gasteiger charge is -2.61. The molecule has 132 valence electrons. The van der Waals surface area contributed by atoms with Crippen molar-refractivity contribution >= 4 is 6.03 Å². The maximum absolute atomic E-state index is 12.7. The van der Waals surface area contributed by atoms with Crippen molar-refractivity contribution < 1.29 is 14.6 Å². The zero-order chi connectivity index (χ0) is 17.0. The van der Waals surface area contributed by atoms with Crippen molar-refractivity contribution in [3.8, 4) is 0 Å². The molecular formula is C19H28N2O3. The fourth-order valence-corrected chi connectivity index (χ4v) is 4.06. The first kappa shape index (κ1) is 17.2. The first-order valence-corrected chi connectivity index (χ1v) is 9.01. The van der Waals surface area contributed by atoms with E-state index in [-0.39, 0.29) is 24.1 Å². The first-order chi connectivity index (χ1) is 11.7. The van der Waals surface area contributed by atoms with Crippen LogP contribution in [-0.2, 0) is 11.3 Å². The zero-order valence-corrected chi connectivity index (χ0v) is 14.4. The fourth-order valence-electron chi connectivity index (χ4n) is 4.06. The van der Waals surface area contributed by atoms with Crippen LogP contribution < -0.4 is 5.32 Å². The van der Waals surface area contributed by atoms with E-state index in [0.29, 0.717) is 19.2 Å². The molecule has 5 heteroatoms. The Balaban J connectivity index is 1.60. The van der Waals surface area contributed by atoms with Gasteiger partial charge < -0.3 is 20.1 Å². The minimum Gasteiger partial charge on any atom is -0.395 e. The second-order valence-electron chi connectivity index (χ2n) is 6.90. The molecule has 2 unspecified atom stereocenters. The van der Waals surface area contributed by atoms with Crippen LogP contribution in [0.2, 0.25) is 0 Å². The van der Waals surface area contributed by atoms with Crippen molar-refractivity contribution in [3.05, 3.63) is 35.9 Å². The van der Waals surface area contributed by atoms with Gasteiger partial charge in [0.15, 0.2) is 0 Å². The standard InChI is InChI=1S/C19H28N2O3/c1-2-24-17-13-16(19(17)9-6-10-19)20-18(23)21(11-12-22)14-15-7-4-3-5-8-15/h3-5,7-8,16-17,22H,2,6,9-14H2,1H3,(H,20,23). The third-order valence-corrected chi connectivity index (χ3v) is 5.61. The number of nitrogens with zero attached hydrogens (tertiary/aromatic N) is 1. The average Bonchev–Trinajstić information content (AvgIpc) is 2.52. The number of hydrogen-bond donors (Lipinski definition) is 2. The number of urea groups is 1. The lowest BCUT2D eigenvalue weighted by Crippen LogP contribution is -2.68. The maximum atomic E-state index is 12.7. The molecule has 0 heterocycles. The van der Waals surface area contributed by atoms with Gasteiger partial charge in [-0.15, -0.1) is 0 Å². The number of aliphatic hydroxyl groups excluding tert-OH is 1. The van der Waals surface area contributed by atoms with Gasteiger partial charge in [-0.05, 0) is 31.7 Å². The van der Waals surface area contributed by atoms with Crippen molar-refractivity contribution in [2.75, 3.05) is 19.8 Å². The van der Waals surface area contributed by atoms with Crippen LogP contribution in [0.1, 0.15) is 38.2 Å². The third-order valence-electron chi connectivity index (χ3n) is 5.61. The van der Waals surface area contributed by atoms with Gasteiger partial charge in [-0.2, -0.15) is 0 Å².